The van der Waals surface area contributed by atoms with Crippen LogP contribution in [0.25, 0.3) is 0 Å². The molecule has 0 aliphatic carbocycles. The second-order valence-electron chi connectivity index (χ2n) is 6.60. The highest BCUT2D eigenvalue weighted by Gasteiger charge is 2.12. The first-order chi connectivity index (χ1) is 15.6. The molecule has 3 aromatic carbocycles. The van der Waals surface area contributed by atoms with Crippen molar-refractivity contribution in [3.63, 3.8) is 0 Å². The van der Waals surface area contributed by atoms with Crippen LogP contribution in [0.1, 0.15) is 15.9 Å². The standard InChI is InChI=1S/C25H21N3O3S/c1-31-25(30)19-13-11-18(12-14-19)16-27-17-20(15-26)24(29)28-22-9-5-6-10-23(22)32-21-7-3-2-4-8-21/h2-14,17,27H,16H2,1H3,(H,28,29)/b20-17-. The summed E-state index contributed by atoms with van der Waals surface area (Å²) in [5.41, 5.74) is 1.92. The van der Waals surface area contributed by atoms with Gasteiger partial charge in [-0.05, 0) is 42.0 Å². The maximum atomic E-state index is 12.6. The number of anilines is 1. The number of carbonyl (C=O) groups excluding carboxylic acids is 2. The number of methoxy groups -OCH3 is 1. The Morgan fingerprint density at radius 1 is 1.00 bits per heavy atom. The molecule has 0 heterocycles. The van der Waals surface area contributed by atoms with Gasteiger partial charge in [0.05, 0.1) is 18.4 Å². The quantitative estimate of drug-likeness (QED) is 0.296. The largest absolute Gasteiger partial charge is 0.465 e. The van der Waals surface area contributed by atoms with Crippen molar-refractivity contribution in [2.75, 3.05) is 12.4 Å². The number of nitrogens with one attached hydrogen (secondary N) is 2. The predicted molar refractivity (Wildman–Crippen MR) is 124 cm³/mol. The number of hydrogen-bond acceptors (Lipinski definition) is 6. The first-order valence-electron chi connectivity index (χ1n) is 9.75. The molecule has 0 bridgehead atoms. The molecule has 0 radical (unpaired) electrons. The lowest BCUT2D eigenvalue weighted by molar-refractivity contribution is -0.112. The molecular formula is C25H21N3O3S. The van der Waals surface area contributed by atoms with Crippen molar-refractivity contribution >= 4 is 29.3 Å². The van der Waals surface area contributed by atoms with Crippen LogP contribution in [0.4, 0.5) is 5.69 Å². The Morgan fingerprint density at radius 2 is 1.69 bits per heavy atom. The number of ether oxygens (including phenoxy) is 1. The number of rotatable bonds is 8. The Kier molecular flexibility index (Phi) is 8.07. The summed E-state index contributed by atoms with van der Waals surface area (Å²) in [6, 6.07) is 26.1. The van der Waals surface area contributed by atoms with Gasteiger partial charge in [0.15, 0.2) is 0 Å². The number of carbonyl (C=O) groups is 2. The summed E-state index contributed by atoms with van der Waals surface area (Å²) in [6.45, 7) is 0.389. The maximum absolute atomic E-state index is 12.6. The monoisotopic (exact) mass is 443 g/mol. The minimum atomic E-state index is -0.498. The molecule has 0 spiro atoms. The zero-order valence-corrected chi connectivity index (χ0v) is 18.2. The summed E-state index contributed by atoms with van der Waals surface area (Å²) >= 11 is 1.53. The fraction of sp³-hybridized carbons (Fsp3) is 0.0800. The van der Waals surface area contributed by atoms with E-state index in [0.717, 1.165) is 15.4 Å². The molecule has 2 N–H and O–H groups in total. The van der Waals surface area contributed by atoms with Gasteiger partial charge in [-0.15, -0.1) is 0 Å². The van der Waals surface area contributed by atoms with Crippen LogP contribution >= 0.6 is 11.8 Å². The third kappa shape index (κ3) is 6.24. The lowest BCUT2D eigenvalue weighted by Gasteiger charge is -2.10. The Bertz CT molecular complexity index is 1150. The van der Waals surface area contributed by atoms with E-state index >= 15 is 0 Å². The number of para-hydroxylation sites is 1. The Morgan fingerprint density at radius 3 is 2.38 bits per heavy atom. The van der Waals surface area contributed by atoms with E-state index in [2.05, 4.69) is 15.4 Å². The van der Waals surface area contributed by atoms with E-state index in [0.29, 0.717) is 17.8 Å². The molecule has 0 atom stereocenters. The highest BCUT2D eigenvalue weighted by atomic mass is 32.2. The van der Waals surface area contributed by atoms with Crippen LogP contribution < -0.4 is 10.6 Å². The highest BCUT2D eigenvalue weighted by molar-refractivity contribution is 7.99. The van der Waals surface area contributed by atoms with Crippen molar-refractivity contribution in [2.24, 2.45) is 0 Å². The SMILES string of the molecule is COC(=O)c1ccc(CN/C=C(/C#N)C(=O)Nc2ccccc2Sc2ccccc2)cc1. The van der Waals surface area contributed by atoms with Gasteiger partial charge in [-0.2, -0.15) is 5.26 Å². The van der Waals surface area contributed by atoms with Crippen LogP contribution in [-0.4, -0.2) is 19.0 Å². The summed E-state index contributed by atoms with van der Waals surface area (Å²) in [7, 11) is 1.33. The Labute approximate surface area is 190 Å². The molecule has 160 valence electrons. The minimum absolute atomic E-state index is 0.0457. The molecular weight excluding hydrogens is 422 g/mol. The summed E-state index contributed by atoms with van der Waals surface area (Å²) in [6.07, 6.45) is 1.39. The van der Waals surface area contributed by atoms with E-state index in [1.54, 1.807) is 30.3 Å². The van der Waals surface area contributed by atoms with Crippen LogP contribution in [0.15, 0.2) is 100 Å². The molecule has 0 unspecified atom stereocenters. The number of esters is 1. The molecule has 3 rings (SSSR count). The van der Waals surface area contributed by atoms with Gasteiger partial charge in [-0.3, -0.25) is 4.79 Å². The summed E-state index contributed by atoms with van der Waals surface area (Å²) in [5, 5.41) is 15.2. The minimum Gasteiger partial charge on any atom is -0.465 e. The number of hydrogen-bond donors (Lipinski definition) is 2. The first kappa shape index (κ1) is 22.7. The number of nitriles is 1. The van der Waals surface area contributed by atoms with E-state index in [1.807, 2.05) is 54.6 Å². The van der Waals surface area contributed by atoms with Crippen molar-refractivity contribution in [2.45, 2.75) is 16.3 Å². The Hall–Kier alpha value is -4.02. The van der Waals surface area contributed by atoms with Crippen LogP contribution in [0.2, 0.25) is 0 Å². The zero-order valence-electron chi connectivity index (χ0n) is 17.4. The summed E-state index contributed by atoms with van der Waals surface area (Å²) < 4.78 is 4.67. The molecule has 6 nitrogen and oxygen atoms in total. The molecule has 7 heteroatoms. The molecule has 0 aliphatic heterocycles. The van der Waals surface area contributed by atoms with E-state index < -0.39 is 11.9 Å². The van der Waals surface area contributed by atoms with E-state index in [9.17, 15) is 14.9 Å². The van der Waals surface area contributed by atoms with Crippen molar-refractivity contribution in [3.8, 4) is 6.07 Å². The lowest BCUT2D eigenvalue weighted by Crippen LogP contribution is -2.17. The Balaban J connectivity index is 1.63. The molecule has 0 saturated heterocycles. The first-order valence-corrected chi connectivity index (χ1v) is 10.6. The molecule has 0 aliphatic rings. The zero-order chi connectivity index (χ0) is 22.8. The number of nitrogens with zero attached hydrogens (tertiary/aromatic N) is 1. The van der Waals surface area contributed by atoms with Gasteiger partial charge in [-0.1, -0.05) is 54.2 Å². The van der Waals surface area contributed by atoms with Gasteiger partial charge in [0, 0.05) is 22.5 Å². The maximum Gasteiger partial charge on any atom is 0.337 e. The van der Waals surface area contributed by atoms with Crippen LogP contribution in [0, 0.1) is 11.3 Å². The molecule has 0 aromatic heterocycles. The molecule has 1 amide bonds. The fourth-order valence-electron chi connectivity index (χ4n) is 2.76. The average molecular weight is 444 g/mol. The van der Waals surface area contributed by atoms with Crippen molar-refractivity contribution < 1.29 is 14.3 Å². The van der Waals surface area contributed by atoms with Gasteiger partial charge < -0.3 is 15.4 Å². The van der Waals surface area contributed by atoms with Crippen molar-refractivity contribution in [3.05, 3.63) is 102 Å². The van der Waals surface area contributed by atoms with Crippen LogP contribution in [0.3, 0.4) is 0 Å². The molecule has 32 heavy (non-hydrogen) atoms. The van der Waals surface area contributed by atoms with Gasteiger partial charge in [0.25, 0.3) is 5.91 Å². The van der Waals surface area contributed by atoms with E-state index in [1.165, 1.54) is 25.1 Å². The predicted octanol–water partition coefficient (Wildman–Crippen LogP) is 4.76. The number of benzene rings is 3. The van der Waals surface area contributed by atoms with Gasteiger partial charge in [-0.25, -0.2) is 4.79 Å². The van der Waals surface area contributed by atoms with E-state index in [4.69, 9.17) is 0 Å². The third-order valence-corrected chi connectivity index (χ3v) is 5.48. The molecule has 0 saturated carbocycles. The van der Waals surface area contributed by atoms with Crippen molar-refractivity contribution in [1.82, 2.24) is 5.32 Å². The summed E-state index contributed by atoms with van der Waals surface area (Å²) in [4.78, 5) is 26.1. The second kappa shape index (κ2) is 11.4. The van der Waals surface area contributed by atoms with Crippen molar-refractivity contribution in [1.29, 1.82) is 5.26 Å². The van der Waals surface area contributed by atoms with Crippen LogP contribution in [-0.2, 0) is 16.1 Å². The topological polar surface area (TPSA) is 91.2 Å². The highest BCUT2D eigenvalue weighted by Crippen LogP contribution is 2.33. The second-order valence-corrected chi connectivity index (χ2v) is 7.72. The molecule has 0 fully saturated rings. The fourth-order valence-corrected chi connectivity index (χ4v) is 3.68. The third-order valence-electron chi connectivity index (χ3n) is 4.40. The molecule has 3 aromatic rings. The number of amides is 1. The lowest BCUT2D eigenvalue weighted by atomic mass is 10.1. The smallest absolute Gasteiger partial charge is 0.337 e. The van der Waals surface area contributed by atoms with Crippen LogP contribution in [0.5, 0.6) is 0 Å². The normalized spacial score (nSPS) is 10.7. The van der Waals surface area contributed by atoms with Gasteiger partial charge in [0.1, 0.15) is 11.6 Å². The van der Waals surface area contributed by atoms with E-state index in [-0.39, 0.29) is 5.57 Å². The van der Waals surface area contributed by atoms with Gasteiger partial charge in [0.2, 0.25) is 0 Å². The average Bonchev–Trinajstić information content (AvgIpc) is 2.83. The van der Waals surface area contributed by atoms with Gasteiger partial charge >= 0.3 is 5.97 Å². The summed E-state index contributed by atoms with van der Waals surface area (Å²) in [5.74, 6) is -0.902.